The summed E-state index contributed by atoms with van der Waals surface area (Å²) in [6, 6.07) is 13.9. The number of rotatable bonds is 12. The predicted molar refractivity (Wildman–Crippen MR) is 127 cm³/mol. The van der Waals surface area contributed by atoms with Gasteiger partial charge in [0.1, 0.15) is 18.7 Å². The van der Waals surface area contributed by atoms with Crippen molar-refractivity contribution in [1.29, 1.82) is 0 Å². The number of allylic oxidation sites excluding steroid dienone is 1. The summed E-state index contributed by atoms with van der Waals surface area (Å²) in [6.45, 7) is 3.88. The first-order valence-electron chi connectivity index (χ1n) is 11.2. The molecule has 2 aromatic carbocycles. The van der Waals surface area contributed by atoms with E-state index in [4.69, 9.17) is 9.47 Å². The van der Waals surface area contributed by atoms with Crippen LogP contribution in [0.15, 0.2) is 61.2 Å². The van der Waals surface area contributed by atoms with Crippen molar-refractivity contribution in [1.82, 2.24) is 10.6 Å². The maximum absolute atomic E-state index is 12.7. The monoisotopic (exact) mass is 466 g/mol. The van der Waals surface area contributed by atoms with E-state index in [9.17, 15) is 19.5 Å². The lowest BCUT2D eigenvalue weighted by atomic mass is 9.98. The Morgan fingerprint density at radius 1 is 1.00 bits per heavy atom. The number of hydrogen-bond donors (Lipinski definition) is 3. The molecule has 0 saturated carbocycles. The highest BCUT2D eigenvalue weighted by Gasteiger charge is 2.30. The number of benzene rings is 2. The molecule has 180 valence electrons. The van der Waals surface area contributed by atoms with Crippen LogP contribution in [0.25, 0.3) is 11.1 Å². The second-order valence-corrected chi connectivity index (χ2v) is 8.07. The maximum Gasteiger partial charge on any atom is 0.407 e. The van der Waals surface area contributed by atoms with Crippen molar-refractivity contribution in [3.05, 3.63) is 72.3 Å². The number of carboxylic acids is 1. The number of nitrogens with one attached hydrogen (secondary N) is 2. The predicted octanol–water partition coefficient (Wildman–Crippen LogP) is 3.47. The van der Waals surface area contributed by atoms with E-state index in [1.807, 2.05) is 48.5 Å². The van der Waals surface area contributed by atoms with E-state index in [0.29, 0.717) is 6.42 Å². The van der Waals surface area contributed by atoms with Crippen LogP contribution in [0.2, 0.25) is 0 Å². The third-order valence-electron chi connectivity index (χ3n) is 5.84. The van der Waals surface area contributed by atoms with Gasteiger partial charge in [0.25, 0.3) is 0 Å². The van der Waals surface area contributed by atoms with Gasteiger partial charge in [0.15, 0.2) is 0 Å². The number of amides is 2. The van der Waals surface area contributed by atoms with Gasteiger partial charge >= 0.3 is 12.1 Å². The average molecular weight is 467 g/mol. The second-order valence-electron chi connectivity index (χ2n) is 8.07. The Labute approximate surface area is 199 Å². The summed E-state index contributed by atoms with van der Waals surface area (Å²) in [5.74, 6) is -1.87. The fraction of sp³-hybridized carbons (Fsp3) is 0.346. The number of alkyl carbamates (subject to hydrolysis) is 1. The molecule has 0 radical (unpaired) electrons. The molecular weight excluding hydrogens is 436 g/mol. The molecule has 2 unspecified atom stereocenters. The Balaban J connectivity index is 1.64. The fourth-order valence-corrected chi connectivity index (χ4v) is 4.10. The molecule has 0 aliphatic heterocycles. The van der Waals surface area contributed by atoms with Gasteiger partial charge in [-0.25, -0.2) is 9.59 Å². The Bertz CT molecular complexity index is 992. The van der Waals surface area contributed by atoms with Crippen LogP contribution in [0.3, 0.4) is 0 Å². The van der Waals surface area contributed by atoms with Gasteiger partial charge in [0.2, 0.25) is 5.91 Å². The number of aliphatic carboxylic acids is 1. The molecule has 3 N–H and O–H groups in total. The van der Waals surface area contributed by atoms with E-state index in [1.54, 1.807) is 6.08 Å². The van der Waals surface area contributed by atoms with E-state index in [-0.39, 0.29) is 32.0 Å². The summed E-state index contributed by atoms with van der Waals surface area (Å²) < 4.78 is 10.6. The van der Waals surface area contributed by atoms with Crippen LogP contribution in [-0.2, 0) is 19.1 Å². The zero-order valence-corrected chi connectivity index (χ0v) is 19.2. The molecule has 2 amide bonds. The summed E-state index contributed by atoms with van der Waals surface area (Å²) in [7, 11) is 1.48. The molecule has 1 aliphatic carbocycles. The second kappa shape index (κ2) is 12.0. The van der Waals surface area contributed by atoms with Crippen LogP contribution in [0.4, 0.5) is 4.79 Å². The van der Waals surface area contributed by atoms with Gasteiger partial charge in [0.05, 0.1) is 0 Å². The molecule has 8 nitrogen and oxygen atoms in total. The third kappa shape index (κ3) is 6.02. The molecule has 0 saturated heterocycles. The minimum atomic E-state index is -1.15. The van der Waals surface area contributed by atoms with Crippen molar-refractivity contribution in [3.63, 3.8) is 0 Å². The van der Waals surface area contributed by atoms with Crippen molar-refractivity contribution in [2.24, 2.45) is 0 Å². The quantitative estimate of drug-likeness (QED) is 0.413. The highest BCUT2D eigenvalue weighted by atomic mass is 16.5. The van der Waals surface area contributed by atoms with Gasteiger partial charge < -0.3 is 25.2 Å². The van der Waals surface area contributed by atoms with Gasteiger partial charge in [-0.05, 0) is 35.1 Å². The average Bonchev–Trinajstić information content (AvgIpc) is 3.16. The first kappa shape index (κ1) is 25.0. The van der Waals surface area contributed by atoms with Crippen LogP contribution >= 0.6 is 0 Å². The summed E-state index contributed by atoms with van der Waals surface area (Å²) >= 11 is 0. The molecule has 8 heteroatoms. The summed E-state index contributed by atoms with van der Waals surface area (Å²) in [5.41, 5.74) is 4.39. The minimum Gasteiger partial charge on any atom is -0.480 e. The molecule has 0 bridgehead atoms. The third-order valence-corrected chi connectivity index (χ3v) is 5.84. The van der Waals surface area contributed by atoms with E-state index in [0.717, 1.165) is 22.3 Å². The van der Waals surface area contributed by atoms with Crippen molar-refractivity contribution in [3.8, 4) is 11.1 Å². The number of ether oxygens (including phenoxy) is 2. The highest BCUT2D eigenvalue weighted by Crippen LogP contribution is 2.44. The lowest BCUT2D eigenvalue weighted by molar-refractivity contribution is -0.142. The largest absolute Gasteiger partial charge is 0.480 e. The zero-order valence-electron chi connectivity index (χ0n) is 19.2. The number of carbonyl (C=O) groups excluding carboxylic acids is 2. The van der Waals surface area contributed by atoms with Crippen LogP contribution in [0.1, 0.15) is 36.3 Å². The van der Waals surface area contributed by atoms with Crippen molar-refractivity contribution in [2.45, 2.75) is 37.3 Å². The number of fused-ring (bicyclic) bond motifs is 3. The Hall–Kier alpha value is -3.65. The first-order chi connectivity index (χ1) is 16.5. The first-order valence-corrected chi connectivity index (χ1v) is 11.2. The van der Waals surface area contributed by atoms with Crippen molar-refractivity contribution >= 4 is 18.0 Å². The smallest absolute Gasteiger partial charge is 0.407 e. The van der Waals surface area contributed by atoms with Gasteiger partial charge in [-0.1, -0.05) is 54.6 Å². The lowest BCUT2D eigenvalue weighted by Crippen LogP contribution is -2.52. The molecule has 0 spiro atoms. The lowest BCUT2D eigenvalue weighted by Gasteiger charge is -2.21. The van der Waals surface area contributed by atoms with E-state index in [2.05, 4.69) is 17.2 Å². The number of carbonyl (C=O) groups is 3. The Morgan fingerprint density at radius 3 is 2.18 bits per heavy atom. The minimum absolute atomic E-state index is 0.107. The summed E-state index contributed by atoms with van der Waals surface area (Å²) in [6.07, 6.45) is 1.63. The zero-order chi connectivity index (χ0) is 24.5. The molecule has 3 rings (SSSR count). The van der Waals surface area contributed by atoms with Gasteiger partial charge in [-0.2, -0.15) is 0 Å². The van der Waals surface area contributed by atoms with Crippen molar-refractivity contribution in [2.75, 3.05) is 20.3 Å². The Morgan fingerprint density at radius 2 is 1.62 bits per heavy atom. The Kier molecular flexibility index (Phi) is 8.81. The summed E-state index contributed by atoms with van der Waals surface area (Å²) in [5, 5.41) is 14.4. The normalized spacial score (nSPS) is 13.8. The molecule has 0 aromatic heterocycles. The maximum atomic E-state index is 12.7. The van der Waals surface area contributed by atoms with Crippen LogP contribution in [0.5, 0.6) is 0 Å². The molecule has 2 atom stereocenters. The van der Waals surface area contributed by atoms with Gasteiger partial charge in [-0.3, -0.25) is 4.79 Å². The molecule has 2 aromatic rings. The molecule has 0 heterocycles. The fourth-order valence-electron chi connectivity index (χ4n) is 4.10. The number of methoxy groups -OCH3 is 1. The summed E-state index contributed by atoms with van der Waals surface area (Å²) in [4.78, 5) is 36.8. The molecule has 34 heavy (non-hydrogen) atoms. The topological polar surface area (TPSA) is 114 Å². The van der Waals surface area contributed by atoms with E-state index < -0.39 is 30.1 Å². The van der Waals surface area contributed by atoms with Crippen molar-refractivity contribution < 1.29 is 29.0 Å². The standard InChI is InChI=1S/C26H30N2O6/c1-3-4-13-23(25(30)31)27-24(29)22(14-15-33-2)28-26(32)34-16-21-19-11-7-5-9-17(19)18-10-6-8-12-20(18)21/h3,5-12,21-23H,1,4,13-16H2,2H3,(H,27,29)(H,28,32)(H,30,31). The molecule has 0 fully saturated rings. The van der Waals surface area contributed by atoms with Crippen LogP contribution in [0, 0.1) is 0 Å². The van der Waals surface area contributed by atoms with Gasteiger partial charge in [0, 0.05) is 26.1 Å². The van der Waals surface area contributed by atoms with Crippen LogP contribution < -0.4 is 10.6 Å². The van der Waals surface area contributed by atoms with Gasteiger partial charge in [-0.15, -0.1) is 6.58 Å². The highest BCUT2D eigenvalue weighted by molar-refractivity contribution is 5.89. The molecule has 1 aliphatic rings. The van der Waals surface area contributed by atoms with E-state index >= 15 is 0 Å². The van der Waals surface area contributed by atoms with Crippen LogP contribution in [-0.4, -0.2) is 55.5 Å². The molecular formula is C26H30N2O6. The van der Waals surface area contributed by atoms with E-state index in [1.165, 1.54) is 7.11 Å². The number of carboxylic acid groups (broad SMARTS) is 1. The SMILES string of the molecule is C=CCCC(NC(=O)C(CCOC)NC(=O)OCC1c2ccccc2-c2ccccc21)C(=O)O. The number of hydrogen-bond acceptors (Lipinski definition) is 5.